The van der Waals surface area contributed by atoms with Gasteiger partial charge in [0.2, 0.25) is 0 Å². The largest absolute Gasteiger partial charge is 0.455 e. The lowest BCUT2D eigenvalue weighted by Crippen LogP contribution is -2.01. The van der Waals surface area contributed by atoms with Crippen LogP contribution >= 0.6 is 0 Å². The molecule has 0 aliphatic rings. The summed E-state index contributed by atoms with van der Waals surface area (Å²) < 4.78 is 6.38. The topological polar surface area (TPSA) is 13.1 Å². The Hall–Kier alpha value is -3.26. The quantitative estimate of drug-likeness (QED) is 0.363. The molecule has 0 radical (unpaired) electrons. The summed E-state index contributed by atoms with van der Waals surface area (Å²) in [6, 6.07) is 27.9. The molecule has 0 bridgehead atoms. The van der Waals surface area contributed by atoms with Crippen LogP contribution in [-0.2, 0) is 0 Å². The third-order valence-electron chi connectivity index (χ3n) is 5.67. The molecule has 5 rings (SSSR count). The highest BCUT2D eigenvalue weighted by Crippen LogP contribution is 2.42. The Morgan fingerprint density at radius 1 is 0.714 bits per heavy atom. The van der Waals surface area contributed by atoms with Gasteiger partial charge >= 0.3 is 0 Å². The highest BCUT2D eigenvalue weighted by Gasteiger charge is 2.19. The Labute approximate surface area is 166 Å². The summed E-state index contributed by atoms with van der Waals surface area (Å²) in [7, 11) is 2.14. The van der Waals surface area contributed by atoms with E-state index in [1.54, 1.807) is 0 Å². The molecule has 4 aromatic carbocycles. The fourth-order valence-corrected chi connectivity index (χ4v) is 4.25. The Balaban J connectivity index is 1.96. The highest BCUT2D eigenvalue weighted by atomic mass is 16.3. The zero-order chi connectivity index (χ0) is 19.3. The van der Waals surface area contributed by atoms with Crippen molar-refractivity contribution in [1.82, 2.24) is 0 Å². The van der Waals surface area contributed by atoms with Gasteiger partial charge in [-0.1, -0.05) is 72.2 Å². The normalized spacial score (nSPS) is 11.4. The van der Waals surface area contributed by atoms with Gasteiger partial charge in [-0.3, -0.25) is 0 Å². The molecular weight excluding hydrogens is 339 g/mol. The molecule has 0 saturated carbocycles. The smallest absolute Gasteiger partial charge is 0.143 e. The second-order valence-corrected chi connectivity index (χ2v) is 7.58. The summed E-state index contributed by atoms with van der Waals surface area (Å²) in [5.41, 5.74) is 10.7. The van der Waals surface area contributed by atoms with Gasteiger partial charge < -0.3 is 4.42 Å². The Kier molecular flexibility index (Phi) is 3.87. The van der Waals surface area contributed by atoms with E-state index in [1.807, 2.05) is 6.07 Å². The van der Waals surface area contributed by atoms with Crippen molar-refractivity contribution in [1.29, 1.82) is 0 Å². The van der Waals surface area contributed by atoms with E-state index in [-0.39, 0.29) is 0 Å². The molecular formula is C26H21BO. The van der Waals surface area contributed by atoms with Gasteiger partial charge in [0.15, 0.2) is 0 Å². The van der Waals surface area contributed by atoms with Gasteiger partial charge in [0, 0.05) is 16.3 Å². The first kappa shape index (κ1) is 16.9. The number of benzene rings is 4. The van der Waals surface area contributed by atoms with E-state index in [1.165, 1.54) is 49.6 Å². The first-order valence-corrected chi connectivity index (χ1v) is 9.71. The van der Waals surface area contributed by atoms with Gasteiger partial charge in [0.25, 0.3) is 0 Å². The minimum atomic E-state index is 0.938. The molecule has 0 aliphatic carbocycles. The number of aryl methyl sites for hydroxylation is 1. The Bertz CT molecular complexity index is 1340. The van der Waals surface area contributed by atoms with Crippen molar-refractivity contribution >= 4 is 35.2 Å². The van der Waals surface area contributed by atoms with E-state index in [0.717, 1.165) is 11.2 Å². The molecule has 2 heteroatoms. The van der Waals surface area contributed by atoms with Gasteiger partial charge in [-0.2, -0.15) is 0 Å². The second-order valence-electron chi connectivity index (χ2n) is 7.58. The van der Waals surface area contributed by atoms with Crippen molar-refractivity contribution in [2.24, 2.45) is 0 Å². The van der Waals surface area contributed by atoms with Crippen molar-refractivity contribution < 1.29 is 4.42 Å². The number of hydrogen-bond acceptors (Lipinski definition) is 1. The van der Waals surface area contributed by atoms with Crippen LogP contribution in [0.3, 0.4) is 0 Å². The zero-order valence-electron chi connectivity index (χ0n) is 16.4. The van der Waals surface area contributed by atoms with Crippen LogP contribution < -0.4 is 5.46 Å². The minimum Gasteiger partial charge on any atom is -0.455 e. The first-order chi connectivity index (χ1) is 13.6. The van der Waals surface area contributed by atoms with Crippen LogP contribution in [0.5, 0.6) is 0 Å². The van der Waals surface area contributed by atoms with Crippen LogP contribution in [-0.4, -0.2) is 7.85 Å². The second kappa shape index (κ2) is 6.42. The molecule has 5 aromatic rings. The fraction of sp³-hybridized carbons (Fsp3) is 0.0769. The molecule has 1 nitrogen and oxygen atoms in total. The molecule has 0 aliphatic heterocycles. The summed E-state index contributed by atoms with van der Waals surface area (Å²) in [5, 5.41) is 2.34. The molecule has 0 atom stereocenters. The summed E-state index contributed by atoms with van der Waals surface area (Å²) in [6.45, 7) is 4.39. The van der Waals surface area contributed by atoms with Crippen molar-refractivity contribution in [2.45, 2.75) is 13.8 Å². The Morgan fingerprint density at radius 2 is 1.50 bits per heavy atom. The number of fused-ring (bicyclic) bond motifs is 3. The Morgan fingerprint density at radius 3 is 2.32 bits per heavy atom. The molecule has 1 heterocycles. The SMILES string of the molecule is Bc1cccc(-c2c(C)c(-c3ccccc3C)cc3c2oc2ccccc23)c1. The van der Waals surface area contributed by atoms with E-state index in [9.17, 15) is 0 Å². The molecule has 0 saturated heterocycles. The molecule has 0 fully saturated rings. The monoisotopic (exact) mass is 360 g/mol. The molecule has 28 heavy (non-hydrogen) atoms. The molecule has 0 spiro atoms. The summed E-state index contributed by atoms with van der Waals surface area (Å²) >= 11 is 0. The summed E-state index contributed by atoms with van der Waals surface area (Å²) in [4.78, 5) is 0. The van der Waals surface area contributed by atoms with Crippen LogP contribution in [0.25, 0.3) is 44.2 Å². The number of hydrogen-bond donors (Lipinski definition) is 0. The van der Waals surface area contributed by atoms with Crippen LogP contribution in [0, 0.1) is 13.8 Å². The van der Waals surface area contributed by atoms with E-state index in [4.69, 9.17) is 4.42 Å². The van der Waals surface area contributed by atoms with Crippen LogP contribution in [0.15, 0.2) is 83.3 Å². The van der Waals surface area contributed by atoms with Crippen LogP contribution in [0.2, 0.25) is 0 Å². The van der Waals surface area contributed by atoms with Crippen LogP contribution in [0.1, 0.15) is 11.1 Å². The third-order valence-corrected chi connectivity index (χ3v) is 5.67. The van der Waals surface area contributed by atoms with E-state index < -0.39 is 0 Å². The van der Waals surface area contributed by atoms with E-state index >= 15 is 0 Å². The number of rotatable bonds is 2. The van der Waals surface area contributed by atoms with Crippen molar-refractivity contribution in [3.63, 3.8) is 0 Å². The van der Waals surface area contributed by atoms with Gasteiger partial charge in [-0.05, 0) is 53.8 Å². The molecule has 0 N–H and O–H groups in total. The maximum Gasteiger partial charge on any atom is 0.143 e. The molecule has 1 aromatic heterocycles. The first-order valence-electron chi connectivity index (χ1n) is 9.71. The lowest BCUT2D eigenvalue weighted by atomic mass is 9.86. The maximum atomic E-state index is 6.38. The third kappa shape index (κ3) is 2.57. The van der Waals surface area contributed by atoms with Gasteiger partial charge in [-0.15, -0.1) is 0 Å². The number of para-hydroxylation sites is 1. The molecule has 0 unspecified atom stereocenters. The maximum absolute atomic E-state index is 6.38. The average Bonchev–Trinajstić information content (AvgIpc) is 3.06. The van der Waals surface area contributed by atoms with Crippen molar-refractivity contribution in [2.75, 3.05) is 0 Å². The predicted octanol–water partition coefficient (Wildman–Crippen LogP) is 5.80. The van der Waals surface area contributed by atoms with E-state index in [2.05, 4.69) is 94.5 Å². The zero-order valence-corrected chi connectivity index (χ0v) is 16.4. The lowest BCUT2D eigenvalue weighted by molar-refractivity contribution is 0.669. The van der Waals surface area contributed by atoms with E-state index in [0.29, 0.717) is 0 Å². The van der Waals surface area contributed by atoms with Gasteiger partial charge in [0.1, 0.15) is 19.0 Å². The molecule has 0 amide bonds. The standard InChI is InChI=1S/C26H21BO/c1-16-8-3-4-11-20(16)22-15-23-21-12-5-6-13-24(21)28-26(23)25(17(22)2)18-9-7-10-19(27)14-18/h3-15H,27H2,1-2H3. The highest BCUT2D eigenvalue weighted by molar-refractivity contribution is 6.32. The predicted molar refractivity (Wildman–Crippen MR) is 122 cm³/mol. The summed E-state index contributed by atoms with van der Waals surface area (Å²) in [5.74, 6) is 0. The van der Waals surface area contributed by atoms with Crippen molar-refractivity contribution in [3.05, 3.63) is 90.0 Å². The van der Waals surface area contributed by atoms with Gasteiger partial charge in [-0.25, -0.2) is 0 Å². The average molecular weight is 360 g/mol. The lowest BCUT2D eigenvalue weighted by Gasteiger charge is -2.15. The van der Waals surface area contributed by atoms with Gasteiger partial charge in [0.05, 0.1) is 0 Å². The summed E-state index contributed by atoms with van der Waals surface area (Å²) in [6.07, 6.45) is 0. The number of furan rings is 1. The van der Waals surface area contributed by atoms with Crippen molar-refractivity contribution in [3.8, 4) is 22.3 Å². The van der Waals surface area contributed by atoms with Crippen LogP contribution in [0.4, 0.5) is 0 Å². The fourth-order valence-electron chi connectivity index (χ4n) is 4.25. The minimum absolute atomic E-state index is 0.938. The molecule has 134 valence electrons.